The van der Waals surface area contributed by atoms with Gasteiger partial charge in [-0.2, -0.15) is 5.10 Å². The lowest BCUT2D eigenvalue weighted by Crippen LogP contribution is -2.22. The number of nitrogens with one attached hydrogen (secondary N) is 1. The molecule has 0 saturated carbocycles. The molecule has 0 bridgehead atoms. The number of rotatable bonds is 5. The molecule has 2 aromatic rings. The average Bonchev–Trinajstić information content (AvgIpc) is 3.15. The van der Waals surface area contributed by atoms with Crippen LogP contribution in [0.5, 0.6) is 0 Å². The number of aromatic nitrogens is 2. The first kappa shape index (κ1) is 16.6. The van der Waals surface area contributed by atoms with Gasteiger partial charge in [-0.25, -0.2) is 4.99 Å². The molecule has 24 heavy (non-hydrogen) atoms. The highest BCUT2D eigenvalue weighted by molar-refractivity contribution is 5.92. The predicted octanol–water partition coefficient (Wildman–Crippen LogP) is 2.96. The lowest BCUT2D eigenvalue weighted by atomic mass is 10.1. The van der Waals surface area contributed by atoms with Crippen molar-refractivity contribution in [2.45, 2.75) is 52.5 Å². The van der Waals surface area contributed by atoms with Crippen molar-refractivity contribution >= 4 is 11.6 Å². The van der Waals surface area contributed by atoms with E-state index in [-0.39, 0.29) is 0 Å². The van der Waals surface area contributed by atoms with Crippen molar-refractivity contribution in [2.24, 2.45) is 17.8 Å². The van der Waals surface area contributed by atoms with Gasteiger partial charge in [0.05, 0.1) is 12.2 Å². The summed E-state index contributed by atoms with van der Waals surface area (Å²) in [6.07, 6.45) is 5.48. The predicted molar refractivity (Wildman–Crippen MR) is 99.4 cm³/mol. The molecule has 0 fully saturated rings. The number of aliphatic imine (C=N–C) groups is 1. The van der Waals surface area contributed by atoms with E-state index in [0.717, 1.165) is 30.6 Å². The number of anilines is 1. The standard InChI is InChI=1S/C19H27N5/c1-4-17-16(18(5-2)24(3)23-17)12-21-19(20)22-15-10-9-13-7-6-8-14(13)11-15/h9-11H,4-8,12H2,1-3H3,(H3,20,21,22). The summed E-state index contributed by atoms with van der Waals surface area (Å²) < 4.78 is 1.97. The van der Waals surface area contributed by atoms with E-state index in [2.05, 4.69) is 47.5 Å². The summed E-state index contributed by atoms with van der Waals surface area (Å²) in [5.41, 5.74) is 13.6. The Bertz CT molecular complexity index is 757. The van der Waals surface area contributed by atoms with Crippen LogP contribution in [0.2, 0.25) is 0 Å². The summed E-state index contributed by atoms with van der Waals surface area (Å²) in [6.45, 7) is 4.85. The number of nitrogens with two attached hydrogens (primary N) is 1. The molecule has 0 saturated heterocycles. The quantitative estimate of drug-likeness (QED) is 0.656. The van der Waals surface area contributed by atoms with Crippen LogP contribution in [0, 0.1) is 0 Å². The molecule has 3 rings (SSSR count). The Morgan fingerprint density at radius 2 is 2.04 bits per heavy atom. The molecule has 1 aliphatic rings. The topological polar surface area (TPSA) is 68.2 Å². The van der Waals surface area contributed by atoms with Gasteiger partial charge in [0.25, 0.3) is 0 Å². The first-order chi connectivity index (χ1) is 11.6. The fourth-order valence-corrected chi connectivity index (χ4v) is 3.57. The molecule has 0 spiro atoms. The van der Waals surface area contributed by atoms with Crippen LogP contribution in [0.1, 0.15) is 48.3 Å². The zero-order chi connectivity index (χ0) is 17.1. The van der Waals surface area contributed by atoms with Crippen LogP contribution in [0.25, 0.3) is 0 Å². The van der Waals surface area contributed by atoms with Crippen LogP contribution < -0.4 is 11.1 Å². The third kappa shape index (κ3) is 3.30. The summed E-state index contributed by atoms with van der Waals surface area (Å²) >= 11 is 0. The molecule has 3 N–H and O–H groups in total. The number of hydrogen-bond donors (Lipinski definition) is 2. The van der Waals surface area contributed by atoms with Crippen molar-refractivity contribution in [1.29, 1.82) is 0 Å². The number of benzene rings is 1. The van der Waals surface area contributed by atoms with E-state index in [0.29, 0.717) is 12.5 Å². The van der Waals surface area contributed by atoms with Crippen molar-refractivity contribution in [3.63, 3.8) is 0 Å². The van der Waals surface area contributed by atoms with Crippen molar-refractivity contribution in [3.05, 3.63) is 46.3 Å². The molecule has 128 valence electrons. The molecule has 1 heterocycles. The van der Waals surface area contributed by atoms with Crippen LogP contribution in [-0.4, -0.2) is 15.7 Å². The number of hydrogen-bond acceptors (Lipinski definition) is 2. The highest BCUT2D eigenvalue weighted by atomic mass is 15.3. The summed E-state index contributed by atoms with van der Waals surface area (Å²) in [6, 6.07) is 6.48. The summed E-state index contributed by atoms with van der Waals surface area (Å²) in [5, 5.41) is 7.81. The molecule has 0 atom stereocenters. The SMILES string of the molecule is CCc1nn(C)c(CC)c1CN=C(N)Nc1ccc2c(c1)CCC2. The molecule has 1 aromatic carbocycles. The average molecular weight is 325 g/mol. The van der Waals surface area contributed by atoms with Crippen molar-refractivity contribution in [1.82, 2.24) is 9.78 Å². The summed E-state index contributed by atoms with van der Waals surface area (Å²) in [4.78, 5) is 4.54. The van der Waals surface area contributed by atoms with Gasteiger partial charge in [0.2, 0.25) is 0 Å². The normalized spacial score (nSPS) is 14.0. The van der Waals surface area contributed by atoms with Gasteiger partial charge in [0.1, 0.15) is 0 Å². The van der Waals surface area contributed by atoms with Gasteiger partial charge in [-0.15, -0.1) is 0 Å². The van der Waals surface area contributed by atoms with E-state index < -0.39 is 0 Å². The Kier molecular flexibility index (Phi) is 4.88. The highest BCUT2D eigenvalue weighted by Crippen LogP contribution is 2.24. The fourth-order valence-electron chi connectivity index (χ4n) is 3.57. The van der Waals surface area contributed by atoms with Crippen LogP contribution >= 0.6 is 0 Å². The number of aryl methyl sites for hydroxylation is 4. The van der Waals surface area contributed by atoms with Gasteiger partial charge in [-0.1, -0.05) is 19.9 Å². The molecule has 1 aromatic heterocycles. The molecule has 1 aliphatic carbocycles. The molecule has 5 heteroatoms. The Hall–Kier alpha value is -2.30. The molecule has 0 amide bonds. The minimum absolute atomic E-state index is 0.459. The van der Waals surface area contributed by atoms with Crippen LogP contribution in [0.15, 0.2) is 23.2 Å². The largest absolute Gasteiger partial charge is 0.370 e. The van der Waals surface area contributed by atoms with Gasteiger partial charge in [-0.3, -0.25) is 4.68 Å². The zero-order valence-electron chi connectivity index (χ0n) is 14.9. The highest BCUT2D eigenvalue weighted by Gasteiger charge is 2.13. The third-order valence-electron chi connectivity index (χ3n) is 4.81. The third-order valence-corrected chi connectivity index (χ3v) is 4.81. The summed E-state index contributed by atoms with van der Waals surface area (Å²) in [7, 11) is 2.00. The molecule has 0 unspecified atom stereocenters. The van der Waals surface area contributed by atoms with Crippen LogP contribution in [0.3, 0.4) is 0 Å². The number of fused-ring (bicyclic) bond motifs is 1. The second-order valence-corrected chi connectivity index (χ2v) is 6.37. The molecular weight excluding hydrogens is 298 g/mol. The maximum absolute atomic E-state index is 6.10. The van der Waals surface area contributed by atoms with Gasteiger partial charge >= 0.3 is 0 Å². The first-order valence-electron chi connectivity index (χ1n) is 8.84. The summed E-state index contributed by atoms with van der Waals surface area (Å²) in [5.74, 6) is 0.459. The Morgan fingerprint density at radius 3 is 2.79 bits per heavy atom. The molecule has 0 radical (unpaired) electrons. The van der Waals surface area contributed by atoms with Crippen molar-refractivity contribution in [2.75, 3.05) is 5.32 Å². The molecule has 0 aliphatic heterocycles. The lowest BCUT2D eigenvalue weighted by molar-refractivity contribution is 0.703. The monoisotopic (exact) mass is 325 g/mol. The van der Waals surface area contributed by atoms with E-state index >= 15 is 0 Å². The van der Waals surface area contributed by atoms with Crippen LogP contribution in [0.4, 0.5) is 5.69 Å². The molecule has 5 nitrogen and oxygen atoms in total. The minimum atomic E-state index is 0.459. The van der Waals surface area contributed by atoms with E-state index in [9.17, 15) is 0 Å². The maximum Gasteiger partial charge on any atom is 0.193 e. The number of nitrogens with zero attached hydrogens (tertiary/aromatic N) is 3. The Morgan fingerprint density at radius 1 is 1.25 bits per heavy atom. The van der Waals surface area contributed by atoms with E-state index in [1.54, 1.807) is 0 Å². The zero-order valence-corrected chi connectivity index (χ0v) is 14.9. The van der Waals surface area contributed by atoms with Gasteiger partial charge < -0.3 is 11.1 Å². The number of guanidine groups is 1. The molecular formula is C19H27N5. The minimum Gasteiger partial charge on any atom is -0.370 e. The smallest absolute Gasteiger partial charge is 0.193 e. The second kappa shape index (κ2) is 7.07. The first-order valence-corrected chi connectivity index (χ1v) is 8.84. The van der Waals surface area contributed by atoms with Gasteiger partial charge in [0, 0.05) is 24.0 Å². The van der Waals surface area contributed by atoms with Crippen molar-refractivity contribution < 1.29 is 0 Å². The van der Waals surface area contributed by atoms with E-state index in [1.807, 2.05) is 11.7 Å². The van der Waals surface area contributed by atoms with Crippen molar-refractivity contribution in [3.8, 4) is 0 Å². The van der Waals surface area contributed by atoms with E-state index in [1.165, 1.54) is 35.2 Å². The van der Waals surface area contributed by atoms with Gasteiger partial charge in [0.15, 0.2) is 5.96 Å². The Labute approximate surface area is 144 Å². The van der Waals surface area contributed by atoms with Gasteiger partial charge in [-0.05, 0) is 55.4 Å². The van der Waals surface area contributed by atoms with Crippen LogP contribution in [-0.2, 0) is 39.3 Å². The lowest BCUT2D eigenvalue weighted by Gasteiger charge is -2.08. The fraction of sp³-hybridized carbons (Fsp3) is 0.474. The second-order valence-electron chi connectivity index (χ2n) is 6.37. The Balaban J connectivity index is 1.73. The maximum atomic E-state index is 6.10. The van der Waals surface area contributed by atoms with E-state index in [4.69, 9.17) is 5.73 Å².